The second-order valence-corrected chi connectivity index (χ2v) is 8.46. The SMILES string of the molecule is CCCS(=O)(=O)Cc1ccc(F)c(-n2cc(-c3cnn(C)c3C)nn2)c1F. The Bertz CT molecular complexity index is 1090. The Hall–Kier alpha value is -2.62. The molecule has 7 nitrogen and oxygen atoms in total. The molecule has 3 aromatic rings. The number of benzene rings is 1. The Morgan fingerprint density at radius 3 is 2.59 bits per heavy atom. The quantitative estimate of drug-likeness (QED) is 0.641. The molecule has 10 heteroatoms. The molecule has 0 atom stereocenters. The van der Waals surface area contributed by atoms with Crippen LogP contribution in [0.2, 0.25) is 0 Å². The number of hydrogen-bond donors (Lipinski definition) is 0. The molecule has 2 aromatic heterocycles. The average Bonchev–Trinajstić information content (AvgIpc) is 3.18. The Kier molecular flexibility index (Phi) is 5.09. The third kappa shape index (κ3) is 3.75. The van der Waals surface area contributed by atoms with E-state index in [9.17, 15) is 17.2 Å². The zero-order chi connectivity index (χ0) is 19.8. The molecule has 0 N–H and O–H groups in total. The monoisotopic (exact) mass is 395 g/mol. The van der Waals surface area contributed by atoms with Crippen molar-refractivity contribution in [2.45, 2.75) is 26.0 Å². The third-order valence-electron chi connectivity index (χ3n) is 4.27. The highest BCUT2D eigenvalue weighted by Gasteiger charge is 2.21. The maximum atomic E-state index is 14.9. The first-order chi connectivity index (χ1) is 12.7. The first kappa shape index (κ1) is 19.2. The lowest BCUT2D eigenvalue weighted by atomic mass is 10.2. The van der Waals surface area contributed by atoms with Gasteiger partial charge in [0.1, 0.15) is 11.4 Å². The Balaban J connectivity index is 2.02. The molecule has 0 saturated carbocycles. The zero-order valence-corrected chi connectivity index (χ0v) is 16.0. The second kappa shape index (κ2) is 7.18. The predicted molar refractivity (Wildman–Crippen MR) is 96.0 cm³/mol. The van der Waals surface area contributed by atoms with Crippen LogP contribution < -0.4 is 0 Å². The summed E-state index contributed by atoms with van der Waals surface area (Å²) < 4.78 is 55.8. The minimum Gasteiger partial charge on any atom is -0.272 e. The molecule has 0 unspecified atom stereocenters. The van der Waals surface area contributed by atoms with Gasteiger partial charge in [0, 0.05) is 23.9 Å². The number of halogens is 2. The fourth-order valence-corrected chi connectivity index (χ4v) is 4.23. The largest absolute Gasteiger partial charge is 0.272 e. The van der Waals surface area contributed by atoms with E-state index in [1.807, 2.05) is 6.92 Å². The Morgan fingerprint density at radius 2 is 1.96 bits per heavy atom. The topological polar surface area (TPSA) is 82.7 Å². The summed E-state index contributed by atoms with van der Waals surface area (Å²) in [4.78, 5) is 0. The van der Waals surface area contributed by atoms with Gasteiger partial charge in [-0.05, 0) is 19.4 Å². The van der Waals surface area contributed by atoms with E-state index >= 15 is 0 Å². The molecule has 2 heterocycles. The molecule has 0 aliphatic heterocycles. The van der Waals surface area contributed by atoms with Crippen LogP contribution in [0, 0.1) is 18.6 Å². The molecule has 0 aliphatic rings. The van der Waals surface area contributed by atoms with Crippen molar-refractivity contribution in [3.05, 3.63) is 47.4 Å². The molecule has 0 spiro atoms. The number of sulfone groups is 1. The molecule has 144 valence electrons. The van der Waals surface area contributed by atoms with Crippen LogP contribution in [-0.2, 0) is 22.6 Å². The van der Waals surface area contributed by atoms with Gasteiger partial charge in [0.05, 0.1) is 23.9 Å². The van der Waals surface area contributed by atoms with Crippen molar-refractivity contribution in [2.24, 2.45) is 7.05 Å². The molecule has 1 aromatic carbocycles. The Labute approximate surface area is 155 Å². The molecular weight excluding hydrogens is 376 g/mol. The van der Waals surface area contributed by atoms with Gasteiger partial charge in [0.25, 0.3) is 0 Å². The van der Waals surface area contributed by atoms with Gasteiger partial charge >= 0.3 is 0 Å². The van der Waals surface area contributed by atoms with Crippen LogP contribution in [0.4, 0.5) is 8.78 Å². The van der Waals surface area contributed by atoms with Crippen molar-refractivity contribution in [1.29, 1.82) is 0 Å². The van der Waals surface area contributed by atoms with Crippen LogP contribution in [0.15, 0.2) is 24.5 Å². The van der Waals surface area contributed by atoms with Crippen LogP contribution >= 0.6 is 0 Å². The molecule has 0 saturated heterocycles. The summed E-state index contributed by atoms with van der Waals surface area (Å²) in [6, 6.07) is 2.18. The molecule has 0 aliphatic carbocycles. The normalized spacial score (nSPS) is 11.9. The molecule has 3 rings (SSSR count). The summed E-state index contributed by atoms with van der Waals surface area (Å²) in [5.74, 6) is -2.38. The summed E-state index contributed by atoms with van der Waals surface area (Å²) in [5.41, 5.74) is 1.35. The van der Waals surface area contributed by atoms with Crippen molar-refractivity contribution in [1.82, 2.24) is 24.8 Å². The van der Waals surface area contributed by atoms with Gasteiger partial charge in [-0.1, -0.05) is 18.2 Å². The van der Waals surface area contributed by atoms with Crippen LogP contribution in [-0.4, -0.2) is 38.9 Å². The maximum absolute atomic E-state index is 14.9. The van der Waals surface area contributed by atoms with Gasteiger partial charge in [0.15, 0.2) is 21.5 Å². The van der Waals surface area contributed by atoms with E-state index in [2.05, 4.69) is 15.4 Å². The van der Waals surface area contributed by atoms with Gasteiger partial charge in [0.2, 0.25) is 0 Å². The fraction of sp³-hybridized carbons (Fsp3) is 0.353. The second-order valence-electron chi connectivity index (χ2n) is 6.28. The molecule has 0 bridgehead atoms. The molecule has 27 heavy (non-hydrogen) atoms. The number of hydrogen-bond acceptors (Lipinski definition) is 5. The average molecular weight is 395 g/mol. The minimum atomic E-state index is -3.48. The summed E-state index contributed by atoms with van der Waals surface area (Å²) in [7, 11) is -1.71. The van der Waals surface area contributed by atoms with Gasteiger partial charge in [-0.3, -0.25) is 4.68 Å². The number of aryl methyl sites for hydroxylation is 1. The molecule has 0 radical (unpaired) electrons. The van der Waals surface area contributed by atoms with E-state index in [0.29, 0.717) is 17.7 Å². The van der Waals surface area contributed by atoms with Crippen molar-refractivity contribution in [3.63, 3.8) is 0 Å². The van der Waals surface area contributed by atoms with Gasteiger partial charge in [-0.25, -0.2) is 21.9 Å². The number of nitrogens with zero attached hydrogens (tertiary/aromatic N) is 5. The van der Waals surface area contributed by atoms with Crippen molar-refractivity contribution >= 4 is 9.84 Å². The van der Waals surface area contributed by atoms with Crippen LogP contribution in [0.1, 0.15) is 24.6 Å². The maximum Gasteiger partial charge on any atom is 0.156 e. The summed E-state index contributed by atoms with van der Waals surface area (Å²) in [6.07, 6.45) is 3.40. The summed E-state index contributed by atoms with van der Waals surface area (Å²) in [6.45, 7) is 3.56. The van der Waals surface area contributed by atoms with Crippen LogP contribution in [0.3, 0.4) is 0 Å². The van der Waals surface area contributed by atoms with E-state index < -0.39 is 32.9 Å². The highest BCUT2D eigenvalue weighted by Crippen LogP contribution is 2.25. The van der Waals surface area contributed by atoms with Crippen molar-refractivity contribution < 1.29 is 17.2 Å². The smallest absolute Gasteiger partial charge is 0.156 e. The van der Waals surface area contributed by atoms with Gasteiger partial charge < -0.3 is 0 Å². The lowest BCUT2D eigenvalue weighted by Crippen LogP contribution is -2.12. The molecule has 0 fully saturated rings. The molecular formula is C17H19F2N5O2S. The van der Waals surface area contributed by atoms with Crippen molar-refractivity contribution in [3.8, 4) is 16.9 Å². The number of rotatable bonds is 6. The molecule has 0 amide bonds. The van der Waals surface area contributed by atoms with Gasteiger partial charge in [-0.2, -0.15) is 5.10 Å². The van der Waals surface area contributed by atoms with Gasteiger partial charge in [-0.15, -0.1) is 5.10 Å². The third-order valence-corrected chi connectivity index (χ3v) is 6.05. The zero-order valence-electron chi connectivity index (χ0n) is 15.1. The highest BCUT2D eigenvalue weighted by molar-refractivity contribution is 7.90. The van der Waals surface area contributed by atoms with E-state index in [1.54, 1.807) is 24.9 Å². The highest BCUT2D eigenvalue weighted by atomic mass is 32.2. The standard InChI is InChI=1S/C17H19F2N5O2S/c1-4-7-27(25,26)10-12-5-6-14(18)17(16(12)19)24-9-15(21-22-24)13-8-20-23(3)11(13)2/h5-6,8-9H,4,7,10H2,1-3H3. The Morgan fingerprint density at radius 1 is 1.22 bits per heavy atom. The predicted octanol–water partition coefficient (Wildman–Crippen LogP) is 2.58. The van der Waals surface area contributed by atoms with Crippen molar-refractivity contribution in [2.75, 3.05) is 5.75 Å². The first-order valence-corrected chi connectivity index (χ1v) is 10.1. The minimum absolute atomic E-state index is 0.0626. The summed E-state index contributed by atoms with van der Waals surface area (Å²) >= 11 is 0. The number of aromatic nitrogens is 5. The van der Waals surface area contributed by atoms with Crippen LogP contribution in [0.5, 0.6) is 0 Å². The van der Waals surface area contributed by atoms with E-state index in [4.69, 9.17) is 0 Å². The van der Waals surface area contributed by atoms with Crippen LogP contribution in [0.25, 0.3) is 16.9 Å². The summed E-state index contributed by atoms with van der Waals surface area (Å²) in [5, 5.41) is 11.9. The lowest BCUT2D eigenvalue weighted by molar-refractivity contribution is 0.547. The lowest BCUT2D eigenvalue weighted by Gasteiger charge is -2.09. The first-order valence-electron chi connectivity index (χ1n) is 8.32. The van der Waals surface area contributed by atoms with E-state index in [1.165, 1.54) is 6.20 Å². The van der Waals surface area contributed by atoms with E-state index in [-0.39, 0.29) is 11.3 Å². The fourth-order valence-electron chi connectivity index (χ4n) is 2.77. The van der Waals surface area contributed by atoms with E-state index in [0.717, 1.165) is 22.5 Å².